The maximum atomic E-state index is 11.3. The first kappa shape index (κ1) is 12.8. The zero-order valence-corrected chi connectivity index (χ0v) is 8.36. The second kappa shape index (κ2) is 5.52. The highest BCUT2D eigenvalue weighted by Crippen LogP contribution is 2.09. The van der Waals surface area contributed by atoms with Crippen LogP contribution in [-0.2, 0) is 9.53 Å². The van der Waals surface area contributed by atoms with Crippen molar-refractivity contribution >= 4 is 5.97 Å². The van der Waals surface area contributed by atoms with Gasteiger partial charge in [0.1, 0.15) is 6.04 Å². The summed E-state index contributed by atoms with van der Waals surface area (Å²) in [7, 11) is 1.97. The minimum Gasteiger partial charge on any atom is -0.464 e. The molecule has 0 bridgehead atoms. The summed E-state index contributed by atoms with van der Waals surface area (Å²) in [4.78, 5) is 15.3. The summed E-state index contributed by atoms with van der Waals surface area (Å²) >= 11 is 0. The lowest BCUT2D eigenvalue weighted by Crippen LogP contribution is -2.37. The number of ether oxygens (including phenoxy) is 1. The van der Waals surface area contributed by atoms with E-state index >= 15 is 0 Å². The number of nitrogens with zero attached hydrogens (tertiary/aromatic N) is 2. The van der Waals surface area contributed by atoms with E-state index in [0.717, 1.165) is 6.67 Å². The molecule has 1 heterocycles. The minimum absolute atomic E-state index is 0. The predicted octanol–water partition coefficient (Wildman–Crippen LogP) is 1.25. The van der Waals surface area contributed by atoms with Gasteiger partial charge in [-0.15, -0.1) is 0 Å². The zero-order chi connectivity index (χ0) is 9.84. The van der Waals surface area contributed by atoms with Crippen molar-refractivity contribution in [3.63, 3.8) is 0 Å². The number of rotatable bonds is 3. The van der Waals surface area contributed by atoms with E-state index in [1.54, 1.807) is 0 Å². The number of carbonyl (C=O) groups excluding carboxylic acids is 1. The topological polar surface area (TPSA) is 32.8 Å². The number of hydrogen-bond donors (Lipinski definition) is 0. The van der Waals surface area contributed by atoms with Crippen molar-refractivity contribution in [3.8, 4) is 0 Å². The lowest BCUT2D eigenvalue weighted by molar-refractivity contribution is -0.148. The second-order valence-electron chi connectivity index (χ2n) is 3.14. The minimum atomic E-state index is -0.193. The van der Waals surface area contributed by atoms with Crippen molar-refractivity contribution in [1.82, 2.24) is 9.80 Å². The van der Waals surface area contributed by atoms with Crippen LogP contribution in [0.25, 0.3) is 0 Å². The van der Waals surface area contributed by atoms with Crippen molar-refractivity contribution in [2.45, 2.75) is 27.3 Å². The highest BCUT2D eigenvalue weighted by molar-refractivity contribution is 5.75. The van der Waals surface area contributed by atoms with E-state index < -0.39 is 0 Å². The molecule has 1 aliphatic rings. The maximum absolute atomic E-state index is 11.3. The predicted molar refractivity (Wildman–Crippen MR) is 56.4 cm³/mol. The van der Waals surface area contributed by atoms with Gasteiger partial charge < -0.3 is 14.5 Å². The quantitative estimate of drug-likeness (QED) is 0.642. The van der Waals surface area contributed by atoms with Gasteiger partial charge in [0.25, 0.3) is 0 Å². The van der Waals surface area contributed by atoms with Crippen molar-refractivity contribution in [2.75, 3.05) is 20.3 Å². The van der Waals surface area contributed by atoms with Crippen LogP contribution in [0, 0.1) is 0 Å². The number of esters is 1. The van der Waals surface area contributed by atoms with Gasteiger partial charge in [-0.2, -0.15) is 0 Å². The third-order valence-electron chi connectivity index (χ3n) is 2.02. The van der Waals surface area contributed by atoms with E-state index in [9.17, 15) is 4.79 Å². The van der Waals surface area contributed by atoms with E-state index in [-0.39, 0.29) is 19.4 Å². The van der Waals surface area contributed by atoms with Crippen molar-refractivity contribution in [3.05, 3.63) is 12.4 Å². The van der Waals surface area contributed by atoms with Crippen molar-refractivity contribution < 1.29 is 9.53 Å². The van der Waals surface area contributed by atoms with E-state index in [4.69, 9.17) is 4.74 Å². The Morgan fingerprint density at radius 2 is 2.21 bits per heavy atom. The molecule has 0 aromatic heterocycles. The van der Waals surface area contributed by atoms with Crippen LogP contribution in [0.2, 0.25) is 0 Å². The van der Waals surface area contributed by atoms with E-state index in [0.29, 0.717) is 6.61 Å². The normalized spacial score (nSPS) is 16.5. The van der Waals surface area contributed by atoms with Crippen LogP contribution >= 0.6 is 0 Å². The summed E-state index contributed by atoms with van der Waals surface area (Å²) < 4.78 is 4.92. The van der Waals surface area contributed by atoms with Gasteiger partial charge in [-0.3, -0.25) is 0 Å². The highest BCUT2D eigenvalue weighted by atomic mass is 16.5. The summed E-state index contributed by atoms with van der Waals surface area (Å²) in [6.07, 6.45) is 3.84. The summed E-state index contributed by atoms with van der Waals surface area (Å²) in [5.74, 6) is -0.164. The van der Waals surface area contributed by atoms with Crippen molar-refractivity contribution in [2.24, 2.45) is 0 Å². The molecule has 1 aliphatic heterocycles. The van der Waals surface area contributed by atoms with Crippen LogP contribution in [0.1, 0.15) is 21.3 Å². The van der Waals surface area contributed by atoms with Crippen LogP contribution in [0.3, 0.4) is 0 Å². The maximum Gasteiger partial charge on any atom is 0.328 e. The summed E-state index contributed by atoms with van der Waals surface area (Å²) in [6, 6.07) is -0.193. The monoisotopic (exact) mass is 200 g/mol. The first-order valence-corrected chi connectivity index (χ1v) is 4.46. The standard InChI is InChI=1S/C9H16N2O2.CH4/c1-4-13-9(12)8(2)11-6-5-10(3)7-11;/h5-6,8H,4,7H2,1-3H3;1H4/t8-;/m1./s1. The Balaban J connectivity index is 0.00000169. The van der Waals surface area contributed by atoms with Crippen LogP contribution in [0.4, 0.5) is 0 Å². The third-order valence-corrected chi connectivity index (χ3v) is 2.02. The first-order chi connectivity index (χ1) is 6.15. The van der Waals surface area contributed by atoms with Gasteiger partial charge in [0.15, 0.2) is 0 Å². The van der Waals surface area contributed by atoms with Crippen LogP contribution < -0.4 is 0 Å². The van der Waals surface area contributed by atoms with E-state index in [1.165, 1.54) is 0 Å². The Hall–Kier alpha value is -1.19. The number of carbonyl (C=O) groups is 1. The Kier molecular flexibility index (Phi) is 5.05. The zero-order valence-electron chi connectivity index (χ0n) is 8.36. The molecule has 4 nitrogen and oxygen atoms in total. The fourth-order valence-electron chi connectivity index (χ4n) is 1.20. The average Bonchev–Trinajstić information content (AvgIpc) is 2.51. The average molecular weight is 200 g/mol. The van der Waals surface area contributed by atoms with Crippen LogP contribution in [-0.4, -0.2) is 42.1 Å². The Labute approximate surface area is 86.1 Å². The Morgan fingerprint density at radius 1 is 1.57 bits per heavy atom. The molecule has 0 unspecified atom stereocenters. The lowest BCUT2D eigenvalue weighted by atomic mass is 10.3. The van der Waals surface area contributed by atoms with Gasteiger partial charge in [-0.1, -0.05) is 7.43 Å². The van der Waals surface area contributed by atoms with Gasteiger partial charge >= 0.3 is 5.97 Å². The summed E-state index contributed by atoms with van der Waals surface area (Å²) in [5.41, 5.74) is 0. The summed E-state index contributed by atoms with van der Waals surface area (Å²) in [6.45, 7) is 4.86. The molecular weight excluding hydrogens is 180 g/mol. The molecule has 0 aromatic carbocycles. The molecule has 0 saturated heterocycles. The van der Waals surface area contributed by atoms with Gasteiger partial charge in [-0.25, -0.2) is 4.79 Å². The van der Waals surface area contributed by atoms with Gasteiger partial charge in [0.2, 0.25) is 0 Å². The molecular formula is C10H20N2O2. The van der Waals surface area contributed by atoms with Gasteiger partial charge in [0.05, 0.1) is 13.3 Å². The van der Waals surface area contributed by atoms with Crippen molar-refractivity contribution in [1.29, 1.82) is 0 Å². The summed E-state index contributed by atoms with van der Waals surface area (Å²) in [5, 5.41) is 0. The lowest BCUT2D eigenvalue weighted by Gasteiger charge is -2.23. The first-order valence-electron chi connectivity index (χ1n) is 4.46. The largest absolute Gasteiger partial charge is 0.464 e. The SMILES string of the molecule is C.CCOC(=O)[C@@H](C)N1C=CN(C)C1. The molecule has 1 rings (SSSR count). The molecule has 1 atom stereocenters. The fourth-order valence-corrected chi connectivity index (χ4v) is 1.20. The smallest absolute Gasteiger partial charge is 0.328 e. The molecule has 0 amide bonds. The second-order valence-corrected chi connectivity index (χ2v) is 3.14. The molecule has 14 heavy (non-hydrogen) atoms. The number of hydrogen-bond acceptors (Lipinski definition) is 4. The van der Waals surface area contributed by atoms with Crippen LogP contribution in [0.5, 0.6) is 0 Å². The van der Waals surface area contributed by atoms with E-state index in [1.807, 2.05) is 43.1 Å². The molecule has 0 saturated carbocycles. The molecule has 0 aliphatic carbocycles. The fraction of sp³-hybridized carbons (Fsp3) is 0.700. The Morgan fingerprint density at radius 3 is 2.64 bits per heavy atom. The van der Waals surface area contributed by atoms with Gasteiger partial charge in [-0.05, 0) is 13.8 Å². The van der Waals surface area contributed by atoms with E-state index in [2.05, 4.69) is 0 Å². The molecule has 0 spiro atoms. The molecule has 82 valence electrons. The highest BCUT2D eigenvalue weighted by Gasteiger charge is 2.22. The van der Waals surface area contributed by atoms with Gasteiger partial charge in [0, 0.05) is 19.4 Å². The molecule has 4 heteroatoms. The molecule has 0 aromatic rings. The molecule has 0 N–H and O–H groups in total. The Bertz CT molecular complexity index is 216. The third kappa shape index (κ3) is 2.94. The molecule has 0 fully saturated rings. The molecule has 0 radical (unpaired) electrons. The van der Waals surface area contributed by atoms with Crippen LogP contribution in [0.15, 0.2) is 12.4 Å².